The minimum absolute atomic E-state index is 0.0857. The first kappa shape index (κ1) is 14.6. The first-order valence-corrected chi connectivity index (χ1v) is 6.16. The molecule has 0 aliphatic rings. The molecule has 0 aliphatic carbocycles. The van der Waals surface area contributed by atoms with Crippen molar-refractivity contribution in [2.75, 3.05) is 13.1 Å². The molecule has 18 heavy (non-hydrogen) atoms. The standard InChI is InChI=1S/C11H13BrN2O4/c12-9-4-1-5-10(14(17)18)8(9)3-2-6-13-7-11(15)16/h1,4-5,13H,2-3,6-7H2,(H,15,16). The molecule has 0 unspecified atom stereocenters. The van der Waals surface area contributed by atoms with Gasteiger partial charge in [-0.05, 0) is 25.5 Å². The Morgan fingerprint density at radius 3 is 2.83 bits per heavy atom. The van der Waals surface area contributed by atoms with E-state index in [2.05, 4.69) is 21.2 Å². The minimum Gasteiger partial charge on any atom is -0.480 e. The van der Waals surface area contributed by atoms with E-state index >= 15 is 0 Å². The van der Waals surface area contributed by atoms with Gasteiger partial charge in [0.05, 0.1) is 11.5 Å². The Kier molecular flexibility index (Phi) is 5.73. The third-order valence-electron chi connectivity index (χ3n) is 2.35. The Morgan fingerprint density at radius 1 is 1.50 bits per heavy atom. The van der Waals surface area contributed by atoms with Crippen LogP contribution >= 0.6 is 15.9 Å². The van der Waals surface area contributed by atoms with E-state index in [0.29, 0.717) is 29.4 Å². The Hall–Kier alpha value is -1.47. The van der Waals surface area contributed by atoms with Crippen molar-refractivity contribution < 1.29 is 14.8 Å². The van der Waals surface area contributed by atoms with Gasteiger partial charge in [-0.15, -0.1) is 0 Å². The third-order valence-corrected chi connectivity index (χ3v) is 3.09. The molecule has 0 aliphatic heterocycles. The maximum Gasteiger partial charge on any atom is 0.317 e. The number of nitro groups is 1. The third kappa shape index (κ3) is 4.42. The van der Waals surface area contributed by atoms with Gasteiger partial charge in [-0.2, -0.15) is 0 Å². The lowest BCUT2D eigenvalue weighted by molar-refractivity contribution is -0.385. The number of carboxylic acids is 1. The lowest BCUT2D eigenvalue weighted by Crippen LogP contribution is -2.23. The van der Waals surface area contributed by atoms with Crippen LogP contribution in [0.4, 0.5) is 5.69 Å². The molecule has 0 saturated carbocycles. The fraction of sp³-hybridized carbons (Fsp3) is 0.364. The molecule has 98 valence electrons. The molecular formula is C11H13BrN2O4. The maximum atomic E-state index is 10.8. The fourth-order valence-corrected chi connectivity index (χ4v) is 2.11. The fourth-order valence-electron chi connectivity index (χ4n) is 1.55. The Balaban J connectivity index is 2.56. The summed E-state index contributed by atoms with van der Waals surface area (Å²) in [7, 11) is 0. The monoisotopic (exact) mass is 316 g/mol. The number of rotatable bonds is 7. The van der Waals surface area contributed by atoms with Gasteiger partial charge in [0.15, 0.2) is 0 Å². The number of aliphatic carboxylic acids is 1. The van der Waals surface area contributed by atoms with E-state index < -0.39 is 10.9 Å². The van der Waals surface area contributed by atoms with Crippen LogP contribution in [0.25, 0.3) is 0 Å². The summed E-state index contributed by atoms with van der Waals surface area (Å²) in [5.41, 5.74) is 0.724. The van der Waals surface area contributed by atoms with Gasteiger partial charge < -0.3 is 10.4 Å². The normalized spacial score (nSPS) is 10.3. The van der Waals surface area contributed by atoms with Crippen molar-refractivity contribution in [1.29, 1.82) is 0 Å². The van der Waals surface area contributed by atoms with Crippen molar-refractivity contribution in [3.8, 4) is 0 Å². The summed E-state index contributed by atoms with van der Waals surface area (Å²) in [6.07, 6.45) is 1.15. The molecule has 1 rings (SSSR count). The van der Waals surface area contributed by atoms with Crippen LogP contribution in [-0.2, 0) is 11.2 Å². The number of hydrogen-bond donors (Lipinski definition) is 2. The van der Waals surface area contributed by atoms with Gasteiger partial charge in [0.25, 0.3) is 5.69 Å². The average Bonchev–Trinajstić information content (AvgIpc) is 2.29. The smallest absolute Gasteiger partial charge is 0.317 e. The zero-order valence-corrected chi connectivity index (χ0v) is 11.1. The molecule has 2 N–H and O–H groups in total. The van der Waals surface area contributed by atoms with Crippen LogP contribution in [0.3, 0.4) is 0 Å². The Morgan fingerprint density at radius 2 is 2.22 bits per heavy atom. The second-order valence-electron chi connectivity index (χ2n) is 3.67. The van der Waals surface area contributed by atoms with Crippen molar-refractivity contribution in [2.24, 2.45) is 0 Å². The first-order valence-electron chi connectivity index (χ1n) is 5.36. The number of nitro benzene ring substituents is 1. The summed E-state index contributed by atoms with van der Waals surface area (Å²) in [4.78, 5) is 20.7. The predicted molar refractivity (Wildman–Crippen MR) is 69.6 cm³/mol. The molecular weight excluding hydrogens is 304 g/mol. The van der Waals surface area contributed by atoms with Gasteiger partial charge in [0.1, 0.15) is 0 Å². The molecule has 0 saturated heterocycles. The molecule has 1 aromatic carbocycles. The molecule has 0 fully saturated rings. The second kappa shape index (κ2) is 7.07. The van der Waals surface area contributed by atoms with Gasteiger partial charge in [-0.25, -0.2) is 0 Å². The molecule has 0 aromatic heterocycles. The topological polar surface area (TPSA) is 92.5 Å². The van der Waals surface area contributed by atoms with Crippen LogP contribution in [0.1, 0.15) is 12.0 Å². The molecule has 6 nitrogen and oxygen atoms in total. The molecule has 7 heteroatoms. The summed E-state index contributed by atoms with van der Waals surface area (Å²) < 4.78 is 0.704. The first-order chi connectivity index (χ1) is 8.52. The van der Waals surface area contributed by atoms with E-state index in [1.165, 1.54) is 6.07 Å². The van der Waals surface area contributed by atoms with Crippen LogP contribution in [0.5, 0.6) is 0 Å². The van der Waals surface area contributed by atoms with Crippen LogP contribution in [0.2, 0.25) is 0 Å². The zero-order chi connectivity index (χ0) is 13.5. The number of hydrogen-bond acceptors (Lipinski definition) is 4. The summed E-state index contributed by atoms with van der Waals surface area (Å²) >= 11 is 3.29. The lowest BCUT2D eigenvalue weighted by atomic mass is 10.1. The molecule has 0 bridgehead atoms. The maximum absolute atomic E-state index is 10.8. The molecule has 0 spiro atoms. The highest BCUT2D eigenvalue weighted by atomic mass is 79.9. The summed E-state index contributed by atoms with van der Waals surface area (Å²) in [6, 6.07) is 4.84. The van der Waals surface area contributed by atoms with Gasteiger partial charge in [0, 0.05) is 16.1 Å². The number of carbonyl (C=O) groups is 1. The number of carboxylic acid groups (broad SMARTS) is 1. The van der Waals surface area contributed by atoms with Gasteiger partial charge in [-0.3, -0.25) is 14.9 Å². The number of benzene rings is 1. The summed E-state index contributed by atoms with van der Waals surface area (Å²) in [6.45, 7) is 0.406. The zero-order valence-electron chi connectivity index (χ0n) is 9.56. The van der Waals surface area contributed by atoms with Crippen LogP contribution in [0, 0.1) is 10.1 Å². The second-order valence-corrected chi connectivity index (χ2v) is 4.52. The quantitative estimate of drug-likeness (QED) is 0.456. The highest BCUT2D eigenvalue weighted by Crippen LogP contribution is 2.27. The van der Waals surface area contributed by atoms with E-state index in [4.69, 9.17) is 5.11 Å². The number of nitrogens with one attached hydrogen (secondary N) is 1. The highest BCUT2D eigenvalue weighted by Gasteiger charge is 2.15. The van der Waals surface area contributed by atoms with E-state index in [9.17, 15) is 14.9 Å². The molecule has 0 atom stereocenters. The van der Waals surface area contributed by atoms with Crippen molar-refractivity contribution in [3.63, 3.8) is 0 Å². The lowest BCUT2D eigenvalue weighted by Gasteiger charge is -2.06. The molecule has 1 aromatic rings. The molecule has 0 amide bonds. The highest BCUT2D eigenvalue weighted by molar-refractivity contribution is 9.10. The number of halogens is 1. The van der Waals surface area contributed by atoms with Gasteiger partial charge in [0.2, 0.25) is 0 Å². The van der Waals surface area contributed by atoms with Crippen molar-refractivity contribution in [1.82, 2.24) is 5.32 Å². The van der Waals surface area contributed by atoms with Gasteiger partial charge in [-0.1, -0.05) is 22.0 Å². The summed E-state index contributed by atoms with van der Waals surface area (Å²) in [5.74, 6) is -0.915. The van der Waals surface area contributed by atoms with E-state index in [-0.39, 0.29) is 12.2 Å². The largest absolute Gasteiger partial charge is 0.480 e. The van der Waals surface area contributed by atoms with E-state index in [1.807, 2.05) is 0 Å². The predicted octanol–water partition coefficient (Wildman–Crippen LogP) is 1.96. The average molecular weight is 317 g/mol. The van der Waals surface area contributed by atoms with E-state index in [0.717, 1.165) is 0 Å². The molecule has 0 radical (unpaired) electrons. The summed E-state index contributed by atoms with van der Waals surface area (Å²) in [5, 5.41) is 22.0. The van der Waals surface area contributed by atoms with Crippen LogP contribution in [0.15, 0.2) is 22.7 Å². The van der Waals surface area contributed by atoms with Crippen molar-refractivity contribution >= 4 is 27.6 Å². The Bertz CT molecular complexity index is 451. The Labute approximate surface area is 112 Å². The van der Waals surface area contributed by atoms with E-state index in [1.54, 1.807) is 12.1 Å². The van der Waals surface area contributed by atoms with Crippen LogP contribution in [-0.4, -0.2) is 29.1 Å². The molecule has 0 heterocycles. The van der Waals surface area contributed by atoms with Crippen LogP contribution < -0.4 is 5.32 Å². The van der Waals surface area contributed by atoms with Crippen molar-refractivity contribution in [3.05, 3.63) is 38.3 Å². The minimum atomic E-state index is -0.915. The van der Waals surface area contributed by atoms with Crippen molar-refractivity contribution in [2.45, 2.75) is 12.8 Å². The number of nitrogens with zero attached hydrogens (tertiary/aromatic N) is 1. The SMILES string of the molecule is O=C(O)CNCCCc1c(Br)cccc1[N+](=O)[O-]. The van der Waals surface area contributed by atoms with Gasteiger partial charge >= 0.3 is 5.97 Å².